The topological polar surface area (TPSA) is 76.1 Å². The van der Waals surface area contributed by atoms with Gasteiger partial charge in [0.2, 0.25) is 0 Å². The van der Waals surface area contributed by atoms with Crippen molar-refractivity contribution in [3.05, 3.63) is 24.3 Å². The average Bonchev–Trinajstić information content (AvgIpc) is 2.42. The van der Waals surface area contributed by atoms with Gasteiger partial charge in [0.05, 0.1) is 6.61 Å². The molecule has 0 saturated carbocycles. The lowest BCUT2D eigenvalue weighted by Crippen LogP contribution is -2.35. The van der Waals surface area contributed by atoms with Crippen LogP contribution in [-0.4, -0.2) is 48.7 Å². The number of benzene rings is 1. The van der Waals surface area contributed by atoms with Gasteiger partial charge in [-0.05, 0) is 30.7 Å². The first-order valence-electron chi connectivity index (χ1n) is 6.34. The molecule has 0 fully saturated rings. The maximum Gasteiger partial charge on any atom is 0.323 e. The molecule has 0 aromatic heterocycles. The summed E-state index contributed by atoms with van der Waals surface area (Å²) in [6, 6.07) is 6.93. The SMILES string of the molecule is CCCOc1ccc(OCC(=O)N(C)CC(=O)O)cc1. The summed E-state index contributed by atoms with van der Waals surface area (Å²) in [4.78, 5) is 23.1. The highest BCUT2D eigenvalue weighted by atomic mass is 16.5. The molecule has 0 atom stereocenters. The molecule has 1 rings (SSSR count). The first kappa shape index (κ1) is 15.8. The second kappa shape index (κ2) is 8.04. The second-order valence-electron chi connectivity index (χ2n) is 4.25. The maximum absolute atomic E-state index is 11.6. The lowest BCUT2D eigenvalue weighted by atomic mass is 10.3. The van der Waals surface area contributed by atoms with Gasteiger partial charge in [0.15, 0.2) is 6.61 Å². The first-order chi connectivity index (χ1) is 9.52. The predicted molar refractivity (Wildman–Crippen MR) is 73.0 cm³/mol. The number of carbonyl (C=O) groups excluding carboxylic acids is 1. The van der Waals surface area contributed by atoms with E-state index in [0.717, 1.165) is 17.1 Å². The fraction of sp³-hybridized carbons (Fsp3) is 0.429. The molecule has 0 heterocycles. The number of rotatable bonds is 8. The van der Waals surface area contributed by atoms with Crippen molar-refractivity contribution in [3.63, 3.8) is 0 Å². The Morgan fingerprint density at radius 3 is 2.20 bits per heavy atom. The summed E-state index contributed by atoms with van der Waals surface area (Å²) in [6.07, 6.45) is 0.933. The zero-order valence-electron chi connectivity index (χ0n) is 11.7. The average molecular weight is 281 g/mol. The van der Waals surface area contributed by atoms with Gasteiger partial charge in [0, 0.05) is 7.05 Å². The van der Waals surface area contributed by atoms with Crippen molar-refractivity contribution in [3.8, 4) is 11.5 Å². The summed E-state index contributed by atoms with van der Waals surface area (Å²) in [7, 11) is 1.42. The number of carboxylic acids is 1. The van der Waals surface area contributed by atoms with E-state index in [1.807, 2.05) is 6.92 Å². The Balaban J connectivity index is 2.41. The molecule has 0 aliphatic heterocycles. The van der Waals surface area contributed by atoms with Gasteiger partial charge in [-0.25, -0.2) is 0 Å². The van der Waals surface area contributed by atoms with Crippen molar-refractivity contribution in [2.45, 2.75) is 13.3 Å². The van der Waals surface area contributed by atoms with E-state index in [2.05, 4.69) is 0 Å². The standard InChI is InChI=1S/C14H19NO5/c1-3-8-19-11-4-6-12(7-5-11)20-10-13(16)15(2)9-14(17)18/h4-7H,3,8-10H2,1-2H3,(H,17,18). The van der Waals surface area contributed by atoms with Crippen molar-refractivity contribution >= 4 is 11.9 Å². The molecule has 0 unspecified atom stereocenters. The number of hydrogen-bond donors (Lipinski definition) is 1. The maximum atomic E-state index is 11.6. The van der Waals surface area contributed by atoms with Crippen LogP contribution in [0.3, 0.4) is 0 Å². The van der Waals surface area contributed by atoms with Gasteiger partial charge < -0.3 is 19.5 Å². The van der Waals surface area contributed by atoms with E-state index >= 15 is 0 Å². The molecule has 1 N–H and O–H groups in total. The largest absolute Gasteiger partial charge is 0.494 e. The van der Waals surface area contributed by atoms with Crippen LogP contribution in [0.25, 0.3) is 0 Å². The van der Waals surface area contributed by atoms with E-state index < -0.39 is 11.9 Å². The van der Waals surface area contributed by atoms with Gasteiger partial charge in [-0.2, -0.15) is 0 Å². The minimum Gasteiger partial charge on any atom is -0.494 e. The van der Waals surface area contributed by atoms with Gasteiger partial charge in [-0.15, -0.1) is 0 Å². The lowest BCUT2D eigenvalue weighted by molar-refractivity contribution is -0.144. The molecule has 1 aromatic carbocycles. The van der Waals surface area contributed by atoms with Crippen molar-refractivity contribution in [2.75, 3.05) is 26.8 Å². The van der Waals surface area contributed by atoms with E-state index in [1.165, 1.54) is 7.05 Å². The van der Waals surface area contributed by atoms with Crippen LogP contribution in [0.5, 0.6) is 11.5 Å². The quantitative estimate of drug-likeness (QED) is 0.779. The van der Waals surface area contributed by atoms with Crippen LogP contribution in [0.1, 0.15) is 13.3 Å². The normalized spacial score (nSPS) is 9.90. The molecule has 0 radical (unpaired) electrons. The van der Waals surface area contributed by atoms with Crippen LogP contribution >= 0.6 is 0 Å². The van der Waals surface area contributed by atoms with Crippen LogP contribution in [0, 0.1) is 0 Å². The van der Waals surface area contributed by atoms with Crippen molar-refractivity contribution in [1.29, 1.82) is 0 Å². The molecule has 1 amide bonds. The van der Waals surface area contributed by atoms with Crippen molar-refractivity contribution in [1.82, 2.24) is 4.90 Å². The molecular formula is C14H19NO5. The number of nitrogens with zero attached hydrogens (tertiary/aromatic N) is 1. The van der Waals surface area contributed by atoms with Crippen LogP contribution in [-0.2, 0) is 9.59 Å². The Morgan fingerprint density at radius 1 is 1.15 bits per heavy atom. The van der Waals surface area contributed by atoms with Crippen LogP contribution in [0.2, 0.25) is 0 Å². The summed E-state index contributed by atoms with van der Waals surface area (Å²) in [5.41, 5.74) is 0. The third kappa shape index (κ3) is 5.60. The van der Waals surface area contributed by atoms with Gasteiger partial charge >= 0.3 is 5.97 Å². The Bertz CT molecular complexity index is 443. The predicted octanol–water partition coefficient (Wildman–Crippen LogP) is 1.40. The highest BCUT2D eigenvalue weighted by Gasteiger charge is 2.12. The minimum absolute atomic E-state index is 0.195. The Labute approximate surface area is 117 Å². The smallest absolute Gasteiger partial charge is 0.323 e. The lowest BCUT2D eigenvalue weighted by Gasteiger charge is -2.15. The number of hydrogen-bond acceptors (Lipinski definition) is 4. The summed E-state index contributed by atoms with van der Waals surface area (Å²) in [5, 5.41) is 8.57. The molecule has 0 saturated heterocycles. The van der Waals surface area contributed by atoms with Gasteiger partial charge in [-0.1, -0.05) is 6.92 Å². The number of amides is 1. The van der Waals surface area contributed by atoms with Gasteiger partial charge in [0.1, 0.15) is 18.0 Å². The van der Waals surface area contributed by atoms with Crippen LogP contribution in [0.15, 0.2) is 24.3 Å². The Hall–Kier alpha value is -2.24. The summed E-state index contributed by atoms with van der Waals surface area (Å²) in [5.74, 6) is -0.170. The van der Waals surface area contributed by atoms with E-state index in [-0.39, 0.29) is 13.2 Å². The highest BCUT2D eigenvalue weighted by molar-refractivity contribution is 5.82. The third-order valence-electron chi connectivity index (χ3n) is 2.46. The molecule has 1 aromatic rings. The zero-order valence-corrected chi connectivity index (χ0v) is 11.7. The van der Waals surface area contributed by atoms with Gasteiger partial charge in [-0.3, -0.25) is 9.59 Å². The monoisotopic (exact) mass is 281 g/mol. The van der Waals surface area contributed by atoms with Crippen LogP contribution < -0.4 is 9.47 Å². The number of aliphatic carboxylic acids is 1. The second-order valence-corrected chi connectivity index (χ2v) is 4.25. The van der Waals surface area contributed by atoms with E-state index in [4.69, 9.17) is 14.6 Å². The molecule has 20 heavy (non-hydrogen) atoms. The molecule has 110 valence electrons. The van der Waals surface area contributed by atoms with Crippen molar-refractivity contribution < 1.29 is 24.2 Å². The van der Waals surface area contributed by atoms with E-state index in [1.54, 1.807) is 24.3 Å². The number of ether oxygens (including phenoxy) is 2. The summed E-state index contributed by atoms with van der Waals surface area (Å²) < 4.78 is 10.7. The minimum atomic E-state index is -1.06. The fourth-order valence-electron chi connectivity index (χ4n) is 1.40. The highest BCUT2D eigenvalue weighted by Crippen LogP contribution is 2.17. The molecule has 6 heteroatoms. The number of carbonyl (C=O) groups is 2. The molecule has 0 aliphatic carbocycles. The third-order valence-corrected chi connectivity index (χ3v) is 2.46. The Morgan fingerprint density at radius 2 is 1.70 bits per heavy atom. The number of likely N-dealkylation sites (N-methyl/N-ethyl adjacent to an activating group) is 1. The summed E-state index contributed by atoms with van der Waals surface area (Å²) >= 11 is 0. The zero-order chi connectivity index (χ0) is 15.0. The Kier molecular flexibility index (Phi) is 6.36. The van der Waals surface area contributed by atoms with E-state index in [0.29, 0.717) is 12.4 Å². The van der Waals surface area contributed by atoms with Crippen LogP contribution in [0.4, 0.5) is 0 Å². The molecule has 0 bridgehead atoms. The van der Waals surface area contributed by atoms with Gasteiger partial charge in [0.25, 0.3) is 5.91 Å². The fourth-order valence-corrected chi connectivity index (χ4v) is 1.40. The molecule has 0 spiro atoms. The molecule has 6 nitrogen and oxygen atoms in total. The summed E-state index contributed by atoms with van der Waals surface area (Å²) in [6.45, 7) is 2.14. The molecular weight excluding hydrogens is 262 g/mol. The van der Waals surface area contributed by atoms with E-state index in [9.17, 15) is 9.59 Å². The number of carboxylic acid groups (broad SMARTS) is 1. The first-order valence-corrected chi connectivity index (χ1v) is 6.34. The van der Waals surface area contributed by atoms with Crippen molar-refractivity contribution in [2.24, 2.45) is 0 Å². The molecule has 0 aliphatic rings.